The number of ether oxygens (including phenoxy) is 1. The van der Waals surface area contributed by atoms with E-state index in [1.807, 2.05) is 20.8 Å². The van der Waals surface area contributed by atoms with Gasteiger partial charge in [-0.05, 0) is 43.4 Å². The molecule has 0 bridgehead atoms. The monoisotopic (exact) mass is 284 g/mol. The van der Waals surface area contributed by atoms with Crippen molar-refractivity contribution in [1.82, 2.24) is 0 Å². The van der Waals surface area contributed by atoms with Gasteiger partial charge in [0.25, 0.3) is 0 Å². The molecule has 0 aromatic heterocycles. The average molecular weight is 284 g/mol. The zero-order chi connectivity index (χ0) is 15.5. The highest BCUT2D eigenvalue weighted by molar-refractivity contribution is 5.74. The van der Waals surface area contributed by atoms with Gasteiger partial charge >= 0.3 is 5.97 Å². The molecule has 0 radical (unpaired) electrons. The molecule has 1 fully saturated rings. The smallest absolute Gasteiger partial charge is 0.312 e. The van der Waals surface area contributed by atoms with Crippen molar-refractivity contribution in [3.63, 3.8) is 0 Å². The van der Waals surface area contributed by atoms with Gasteiger partial charge in [-0.15, -0.1) is 0 Å². The van der Waals surface area contributed by atoms with E-state index in [0.29, 0.717) is 24.9 Å². The van der Waals surface area contributed by atoms with Crippen LogP contribution in [0.3, 0.4) is 0 Å². The number of esters is 1. The minimum absolute atomic E-state index is 0.0885. The molecule has 0 aromatic rings. The van der Waals surface area contributed by atoms with Gasteiger partial charge < -0.3 is 9.84 Å². The van der Waals surface area contributed by atoms with E-state index in [9.17, 15) is 9.90 Å². The second kappa shape index (κ2) is 6.93. The van der Waals surface area contributed by atoms with E-state index >= 15 is 0 Å². The predicted molar refractivity (Wildman–Crippen MR) is 81.3 cm³/mol. The lowest BCUT2D eigenvalue weighted by Gasteiger charge is -2.49. The third-order valence-electron chi connectivity index (χ3n) is 4.84. The molecule has 4 unspecified atom stereocenters. The van der Waals surface area contributed by atoms with E-state index in [1.54, 1.807) is 0 Å². The summed E-state index contributed by atoms with van der Waals surface area (Å²) in [4.78, 5) is 12.4. The third kappa shape index (κ3) is 3.55. The van der Waals surface area contributed by atoms with Crippen LogP contribution in [0.25, 0.3) is 0 Å². The standard InChI is InChI=1S/C17H32O3/c1-7-20-16(18)15(12(4)5)17(19)10-13(6)8-9-14(17)11(2)3/h11-15,19H,7-10H2,1-6H3. The van der Waals surface area contributed by atoms with E-state index in [0.717, 1.165) is 12.8 Å². The second-order valence-corrected chi connectivity index (χ2v) is 7.20. The first-order valence-electron chi connectivity index (χ1n) is 8.13. The Kier molecular flexibility index (Phi) is 6.06. The summed E-state index contributed by atoms with van der Waals surface area (Å²) in [6.07, 6.45) is 2.84. The van der Waals surface area contributed by atoms with Gasteiger partial charge in [0, 0.05) is 0 Å². The van der Waals surface area contributed by atoms with E-state index < -0.39 is 11.5 Å². The van der Waals surface area contributed by atoms with Gasteiger partial charge in [0.1, 0.15) is 0 Å². The quantitative estimate of drug-likeness (QED) is 0.784. The highest BCUT2D eigenvalue weighted by Gasteiger charge is 2.52. The fraction of sp³-hybridized carbons (Fsp3) is 0.941. The molecule has 0 aliphatic heterocycles. The Morgan fingerprint density at radius 2 is 1.90 bits per heavy atom. The maximum atomic E-state index is 12.4. The molecule has 1 aliphatic carbocycles. The third-order valence-corrected chi connectivity index (χ3v) is 4.84. The fourth-order valence-corrected chi connectivity index (χ4v) is 4.08. The van der Waals surface area contributed by atoms with Gasteiger partial charge in [0.15, 0.2) is 0 Å². The predicted octanol–water partition coefficient (Wildman–Crippen LogP) is 3.65. The summed E-state index contributed by atoms with van der Waals surface area (Å²) in [7, 11) is 0. The second-order valence-electron chi connectivity index (χ2n) is 7.20. The molecule has 0 amide bonds. The summed E-state index contributed by atoms with van der Waals surface area (Å²) >= 11 is 0. The Morgan fingerprint density at radius 1 is 1.30 bits per heavy atom. The van der Waals surface area contributed by atoms with Crippen LogP contribution in [0.4, 0.5) is 0 Å². The first-order valence-corrected chi connectivity index (χ1v) is 8.13. The van der Waals surface area contributed by atoms with Crippen LogP contribution < -0.4 is 0 Å². The van der Waals surface area contributed by atoms with Crippen LogP contribution in [0.2, 0.25) is 0 Å². The van der Waals surface area contributed by atoms with E-state index in [1.165, 1.54) is 0 Å². The summed E-state index contributed by atoms with van der Waals surface area (Å²) in [5, 5.41) is 11.4. The van der Waals surface area contributed by atoms with E-state index in [-0.39, 0.29) is 17.8 Å². The first kappa shape index (κ1) is 17.5. The van der Waals surface area contributed by atoms with Crippen LogP contribution in [-0.4, -0.2) is 23.3 Å². The molecular weight excluding hydrogens is 252 g/mol. The molecule has 118 valence electrons. The van der Waals surface area contributed by atoms with Crippen molar-refractivity contribution in [3.05, 3.63) is 0 Å². The Bertz CT molecular complexity index is 324. The minimum Gasteiger partial charge on any atom is -0.466 e. The lowest BCUT2D eigenvalue weighted by atomic mass is 9.60. The Morgan fingerprint density at radius 3 is 2.35 bits per heavy atom. The van der Waals surface area contributed by atoms with Crippen LogP contribution in [0, 0.1) is 29.6 Å². The molecule has 20 heavy (non-hydrogen) atoms. The SMILES string of the molecule is CCOC(=O)C(C(C)C)C1(O)CC(C)CCC1C(C)C. The maximum Gasteiger partial charge on any atom is 0.312 e. The van der Waals surface area contributed by atoms with Crippen molar-refractivity contribution in [2.45, 2.75) is 66.4 Å². The Labute approximate surface area is 124 Å². The average Bonchev–Trinajstić information content (AvgIpc) is 2.27. The number of rotatable bonds is 5. The Balaban J connectivity index is 3.12. The number of carbonyl (C=O) groups excluding carboxylic acids is 1. The van der Waals surface area contributed by atoms with Crippen LogP contribution in [0.1, 0.15) is 60.8 Å². The van der Waals surface area contributed by atoms with Gasteiger partial charge in [0.05, 0.1) is 18.1 Å². The molecule has 4 atom stereocenters. The lowest BCUT2D eigenvalue weighted by Crippen LogP contribution is -2.55. The molecule has 0 spiro atoms. The molecule has 1 rings (SSSR count). The van der Waals surface area contributed by atoms with Crippen molar-refractivity contribution in [3.8, 4) is 0 Å². The fourth-order valence-electron chi connectivity index (χ4n) is 4.08. The van der Waals surface area contributed by atoms with Gasteiger partial charge in [0.2, 0.25) is 0 Å². The molecule has 3 heteroatoms. The zero-order valence-corrected chi connectivity index (χ0v) is 14.0. The number of carbonyl (C=O) groups is 1. The zero-order valence-electron chi connectivity index (χ0n) is 14.0. The lowest BCUT2D eigenvalue weighted by molar-refractivity contribution is -0.178. The van der Waals surface area contributed by atoms with Gasteiger partial charge in [-0.25, -0.2) is 0 Å². The molecule has 0 saturated heterocycles. The van der Waals surface area contributed by atoms with Crippen LogP contribution in [-0.2, 0) is 9.53 Å². The van der Waals surface area contributed by atoms with Crippen molar-refractivity contribution in [1.29, 1.82) is 0 Å². The number of hydrogen-bond donors (Lipinski definition) is 1. The molecule has 0 aromatic carbocycles. The molecule has 3 nitrogen and oxygen atoms in total. The number of aliphatic hydroxyl groups is 1. The summed E-state index contributed by atoms with van der Waals surface area (Å²) in [5.41, 5.74) is -0.924. The van der Waals surface area contributed by atoms with Gasteiger partial charge in [-0.1, -0.05) is 41.0 Å². The summed E-state index contributed by atoms with van der Waals surface area (Å²) in [6.45, 7) is 12.7. The van der Waals surface area contributed by atoms with Crippen molar-refractivity contribution >= 4 is 5.97 Å². The number of hydrogen-bond acceptors (Lipinski definition) is 3. The largest absolute Gasteiger partial charge is 0.466 e. The maximum absolute atomic E-state index is 12.4. The molecular formula is C17H32O3. The first-order chi connectivity index (χ1) is 9.24. The topological polar surface area (TPSA) is 46.5 Å². The van der Waals surface area contributed by atoms with Crippen LogP contribution in [0.5, 0.6) is 0 Å². The van der Waals surface area contributed by atoms with Crippen LogP contribution >= 0.6 is 0 Å². The van der Waals surface area contributed by atoms with Gasteiger partial charge in [-0.2, -0.15) is 0 Å². The molecule has 1 saturated carbocycles. The molecule has 1 aliphatic rings. The highest BCUT2D eigenvalue weighted by atomic mass is 16.5. The van der Waals surface area contributed by atoms with Crippen molar-refractivity contribution in [2.24, 2.45) is 29.6 Å². The normalized spacial score (nSPS) is 32.5. The highest BCUT2D eigenvalue weighted by Crippen LogP contribution is 2.47. The summed E-state index contributed by atoms with van der Waals surface area (Å²) in [5.74, 6) is 0.456. The molecule has 0 heterocycles. The van der Waals surface area contributed by atoms with Gasteiger partial charge in [-0.3, -0.25) is 4.79 Å². The minimum atomic E-state index is -0.924. The molecule has 1 N–H and O–H groups in total. The van der Waals surface area contributed by atoms with Crippen molar-refractivity contribution < 1.29 is 14.6 Å². The Hall–Kier alpha value is -0.570. The van der Waals surface area contributed by atoms with Crippen molar-refractivity contribution in [2.75, 3.05) is 6.61 Å². The summed E-state index contributed by atoms with van der Waals surface area (Å²) < 4.78 is 5.25. The van der Waals surface area contributed by atoms with Crippen LogP contribution in [0.15, 0.2) is 0 Å². The summed E-state index contributed by atoms with van der Waals surface area (Å²) in [6, 6.07) is 0. The van der Waals surface area contributed by atoms with E-state index in [4.69, 9.17) is 4.74 Å². The van der Waals surface area contributed by atoms with E-state index in [2.05, 4.69) is 20.8 Å².